The van der Waals surface area contributed by atoms with Gasteiger partial charge >= 0.3 is 0 Å². The van der Waals surface area contributed by atoms with Crippen molar-refractivity contribution >= 4 is 12.1 Å². The van der Waals surface area contributed by atoms with Crippen LogP contribution in [-0.4, -0.2) is 18.9 Å². The van der Waals surface area contributed by atoms with Crippen molar-refractivity contribution in [3.8, 4) is 11.5 Å². The molecule has 1 heterocycles. The molecule has 4 rings (SSSR count). The molecule has 2 aromatic rings. The third kappa shape index (κ3) is 3.82. The van der Waals surface area contributed by atoms with Gasteiger partial charge in [-0.3, -0.25) is 4.79 Å². The number of rotatable bonds is 4. The molecule has 5 nitrogen and oxygen atoms in total. The van der Waals surface area contributed by atoms with E-state index < -0.39 is 0 Å². The van der Waals surface area contributed by atoms with E-state index in [0.29, 0.717) is 11.7 Å². The topological polar surface area (TPSA) is 59.9 Å². The maximum Gasteiger partial charge on any atom is 0.243 e. The molecule has 0 aromatic heterocycles. The Hall–Kier alpha value is -2.82. The van der Waals surface area contributed by atoms with E-state index in [1.807, 2.05) is 18.2 Å². The summed E-state index contributed by atoms with van der Waals surface area (Å²) in [5.41, 5.74) is 6.18. The summed E-state index contributed by atoms with van der Waals surface area (Å²) in [6.07, 6.45) is 2.50. The van der Waals surface area contributed by atoms with E-state index in [9.17, 15) is 4.79 Å². The SMILES string of the molecule is CC(C)(C)c1ccc(C2CC2C(=O)NN=Cc2ccc3c(c2)OCO3)cc1. The normalized spacial score (nSPS) is 20.7. The predicted molar refractivity (Wildman–Crippen MR) is 104 cm³/mol. The van der Waals surface area contributed by atoms with Gasteiger partial charge in [0.1, 0.15) is 0 Å². The summed E-state index contributed by atoms with van der Waals surface area (Å²) in [6, 6.07) is 14.2. The van der Waals surface area contributed by atoms with Gasteiger partial charge in [-0.25, -0.2) is 5.43 Å². The third-order valence-corrected chi connectivity index (χ3v) is 5.12. The minimum absolute atomic E-state index is 0.000564. The lowest BCUT2D eigenvalue weighted by Gasteiger charge is -2.19. The number of fused-ring (bicyclic) bond motifs is 1. The Balaban J connectivity index is 1.32. The predicted octanol–water partition coefficient (Wildman–Crippen LogP) is 3.97. The minimum Gasteiger partial charge on any atom is -0.454 e. The van der Waals surface area contributed by atoms with Crippen LogP contribution in [-0.2, 0) is 10.2 Å². The highest BCUT2D eigenvalue weighted by Crippen LogP contribution is 2.47. The van der Waals surface area contributed by atoms with Crippen molar-refractivity contribution in [1.29, 1.82) is 0 Å². The van der Waals surface area contributed by atoms with Crippen LogP contribution in [0.1, 0.15) is 49.8 Å². The van der Waals surface area contributed by atoms with E-state index in [-0.39, 0.29) is 24.0 Å². The van der Waals surface area contributed by atoms with Gasteiger partial charge in [0.25, 0.3) is 0 Å². The van der Waals surface area contributed by atoms with Crippen LogP contribution in [0.2, 0.25) is 0 Å². The Morgan fingerprint density at radius 2 is 1.85 bits per heavy atom. The minimum atomic E-state index is -0.0307. The number of nitrogens with zero attached hydrogens (tertiary/aromatic N) is 1. The first-order chi connectivity index (χ1) is 12.9. The largest absolute Gasteiger partial charge is 0.454 e. The quantitative estimate of drug-likeness (QED) is 0.660. The van der Waals surface area contributed by atoms with Crippen molar-refractivity contribution in [2.45, 2.75) is 38.5 Å². The van der Waals surface area contributed by atoms with Crippen molar-refractivity contribution in [3.05, 3.63) is 59.2 Å². The number of hydrogen-bond acceptors (Lipinski definition) is 4. The fourth-order valence-corrected chi connectivity index (χ4v) is 3.33. The van der Waals surface area contributed by atoms with Crippen LogP contribution in [0.15, 0.2) is 47.6 Å². The Bertz CT molecular complexity index is 881. The second-order valence-corrected chi connectivity index (χ2v) is 8.17. The smallest absolute Gasteiger partial charge is 0.243 e. The monoisotopic (exact) mass is 364 g/mol. The van der Waals surface area contributed by atoms with E-state index in [1.54, 1.807) is 6.21 Å². The first-order valence-corrected chi connectivity index (χ1v) is 9.25. The van der Waals surface area contributed by atoms with E-state index >= 15 is 0 Å². The fourth-order valence-electron chi connectivity index (χ4n) is 3.33. The molecule has 2 aliphatic rings. The van der Waals surface area contributed by atoms with Crippen LogP contribution in [0.5, 0.6) is 11.5 Å². The molecule has 2 atom stereocenters. The molecule has 0 radical (unpaired) electrons. The van der Waals surface area contributed by atoms with Crippen LogP contribution >= 0.6 is 0 Å². The lowest BCUT2D eigenvalue weighted by atomic mass is 9.86. The molecule has 0 bridgehead atoms. The van der Waals surface area contributed by atoms with E-state index in [0.717, 1.165) is 17.7 Å². The number of carbonyl (C=O) groups excluding carboxylic acids is 1. The number of carbonyl (C=O) groups is 1. The first-order valence-electron chi connectivity index (χ1n) is 9.25. The molecule has 27 heavy (non-hydrogen) atoms. The Morgan fingerprint density at radius 3 is 2.59 bits per heavy atom. The number of benzene rings is 2. The Morgan fingerprint density at radius 1 is 1.11 bits per heavy atom. The zero-order valence-corrected chi connectivity index (χ0v) is 15.9. The van der Waals surface area contributed by atoms with Gasteiger partial charge in [-0.05, 0) is 52.6 Å². The van der Waals surface area contributed by atoms with Crippen molar-refractivity contribution in [2.75, 3.05) is 6.79 Å². The summed E-state index contributed by atoms with van der Waals surface area (Å²) in [5.74, 6) is 1.69. The van der Waals surface area contributed by atoms with Gasteiger partial charge < -0.3 is 9.47 Å². The Labute approximate surface area is 159 Å². The summed E-state index contributed by atoms with van der Waals surface area (Å²) in [4.78, 5) is 12.3. The molecule has 1 N–H and O–H groups in total. The zero-order chi connectivity index (χ0) is 19.0. The van der Waals surface area contributed by atoms with Crippen molar-refractivity contribution in [3.63, 3.8) is 0 Å². The van der Waals surface area contributed by atoms with Crippen LogP contribution in [0.4, 0.5) is 0 Å². The zero-order valence-electron chi connectivity index (χ0n) is 15.9. The van der Waals surface area contributed by atoms with Gasteiger partial charge in [0, 0.05) is 5.92 Å². The molecule has 1 amide bonds. The summed E-state index contributed by atoms with van der Waals surface area (Å²) in [5, 5.41) is 4.08. The van der Waals surface area contributed by atoms with Gasteiger partial charge in [0.2, 0.25) is 12.7 Å². The second-order valence-electron chi connectivity index (χ2n) is 8.17. The average Bonchev–Trinajstić information content (AvgIpc) is 3.31. The fraction of sp³-hybridized carbons (Fsp3) is 0.364. The summed E-state index contributed by atoms with van der Waals surface area (Å²) >= 11 is 0. The van der Waals surface area contributed by atoms with Crippen molar-refractivity contribution < 1.29 is 14.3 Å². The van der Waals surface area contributed by atoms with Crippen LogP contribution in [0, 0.1) is 5.92 Å². The highest BCUT2D eigenvalue weighted by atomic mass is 16.7. The summed E-state index contributed by atoms with van der Waals surface area (Å²) in [7, 11) is 0. The maximum atomic E-state index is 12.3. The van der Waals surface area contributed by atoms with Crippen molar-refractivity contribution in [1.82, 2.24) is 5.43 Å². The van der Waals surface area contributed by atoms with E-state index in [1.165, 1.54) is 11.1 Å². The average molecular weight is 364 g/mol. The molecular formula is C22H24N2O3. The van der Waals surface area contributed by atoms with Gasteiger partial charge in [0.15, 0.2) is 11.5 Å². The highest BCUT2D eigenvalue weighted by Gasteiger charge is 2.44. The van der Waals surface area contributed by atoms with Crippen LogP contribution in [0.3, 0.4) is 0 Å². The van der Waals surface area contributed by atoms with Gasteiger partial charge in [-0.1, -0.05) is 45.0 Å². The van der Waals surface area contributed by atoms with Gasteiger partial charge in [0.05, 0.1) is 6.21 Å². The molecule has 140 valence electrons. The van der Waals surface area contributed by atoms with E-state index in [4.69, 9.17) is 9.47 Å². The molecule has 5 heteroatoms. The molecule has 1 fully saturated rings. The van der Waals surface area contributed by atoms with Crippen LogP contribution < -0.4 is 14.9 Å². The molecule has 0 spiro atoms. The summed E-state index contributed by atoms with van der Waals surface area (Å²) in [6.45, 7) is 6.85. The third-order valence-electron chi connectivity index (χ3n) is 5.12. The van der Waals surface area contributed by atoms with Gasteiger partial charge in [-0.2, -0.15) is 5.10 Å². The van der Waals surface area contributed by atoms with Crippen molar-refractivity contribution in [2.24, 2.45) is 11.0 Å². The van der Waals surface area contributed by atoms with Crippen LogP contribution in [0.25, 0.3) is 0 Å². The molecule has 1 saturated carbocycles. The number of ether oxygens (including phenoxy) is 2. The number of hydrogen-bond donors (Lipinski definition) is 1. The van der Waals surface area contributed by atoms with Gasteiger partial charge in [-0.15, -0.1) is 0 Å². The lowest BCUT2D eigenvalue weighted by molar-refractivity contribution is -0.122. The summed E-state index contributed by atoms with van der Waals surface area (Å²) < 4.78 is 10.6. The second kappa shape index (κ2) is 6.72. The number of hydrazone groups is 1. The molecule has 2 aromatic carbocycles. The first kappa shape index (κ1) is 17.6. The molecule has 1 aliphatic carbocycles. The molecule has 1 aliphatic heterocycles. The molecule has 0 saturated heterocycles. The lowest BCUT2D eigenvalue weighted by Crippen LogP contribution is -2.20. The van der Waals surface area contributed by atoms with E-state index in [2.05, 4.69) is 55.6 Å². The Kier molecular flexibility index (Phi) is 4.38. The maximum absolute atomic E-state index is 12.3. The number of amides is 1. The molecular weight excluding hydrogens is 340 g/mol. The highest BCUT2D eigenvalue weighted by molar-refractivity contribution is 5.86. The molecule has 2 unspecified atom stereocenters. The number of nitrogens with one attached hydrogen (secondary N) is 1. The standard InChI is InChI=1S/C22H24N2O3/c1-22(2,3)16-7-5-15(6-8-16)17-11-18(17)21(25)24-23-12-14-4-9-19-20(10-14)27-13-26-19/h4-10,12,17-18H,11,13H2,1-3H3,(H,24,25).